The minimum absolute atomic E-state index is 0.000995. The maximum absolute atomic E-state index is 12.9. The lowest BCUT2D eigenvalue weighted by molar-refractivity contribution is -0.121. The molecule has 0 bridgehead atoms. The second-order valence-corrected chi connectivity index (χ2v) is 9.69. The number of hydrogen-bond donors (Lipinski definition) is 1. The third-order valence-electron chi connectivity index (χ3n) is 5.69. The Bertz CT molecular complexity index is 1150. The molecule has 1 unspecified atom stereocenters. The highest BCUT2D eigenvalue weighted by Gasteiger charge is 2.31. The van der Waals surface area contributed by atoms with Crippen molar-refractivity contribution in [1.82, 2.24) is 14.2 Å². The summed E-state index contributed by atoms with van der Waals surface area (Å²) in [5.74, 6) is -0.115. The number of pyridine rings is 1. The highest BCUT2D eigenvalue weighted by molar-refractivity contribution is 7.88. The molecule has 7 nitrogen and oxygen atoms in total. The van der Waals surface area contributed by atoms with Gasteiger partial charge in [0.1, 0.15) is 0 Å². The van der Waals surface area contributed by atoms with Gasteiger partial charge in [-0.05, 0) is 36.8 Å². The molecule has 2 heterocycles. The molecule has 0 aliphatic carbocycles. The molecule has 0 saturated carbocycles. The van der Waals surface area contributed by atoms with Gasteiger partial charge in [0, 0.05) is 37.8 Å². The molecule has 1 N–H and O–H groups in total. The zero-order valence-electron chi connectivity index (χ0n) is 17.4. The van der Waals surface area contributed by atoms with E-state index in [2.05, 4.69) is 10.3 Å². The first-order valence-corrected chi connectivity index (χ1v) is 12.0. The van der Waals surface area contributed by atoms with E-state index in [0.29, 0.717) is 26.2 Å². The van der Waals surface area contributed by atoms with Crippen LogP contribution in [0.25, 0.3) is 10.9 Å². The fraction of sp³-hybridized carbons (Fsp3) is 0.304. The van der Waals surface area contributed by atoms with Gasteiger partial charge in [-0.15, -0.1) is 0 Å². The minimum Gasteiger partial charge on any atom is -0.324 e. The van der Waals surface area contributed by atoms with Crippen LogP contribution in [0.4, 0.5) is 5.69 Å². The van der Waals surface area contributed by atoms with Crippen molar-refractivity contribution in [3.05, 3.63) is 72.4 Å². The SMILES string of the molecule is CC(C(=O)Nc1cccc2ncccc12)N1CCN(S(=O)(=O)Cc2ccccc2)CC1. The Morgan fingerprint density at radius 3 is 2.48 bits per heavy atom. The molecule has 1 saturated heterocycles. The van der Waals surface area contributed by atoms with Crippen LogP contribution in [-0.2, 0) is 20.6 Å². The summed E-state index contributed by atoms with van der Waals surface area (Å²) < 4.78 is 27.0. The summed E-state index contributed by atoms with van der Waals surface area (Å²) in [6.07, 6.45) is 1.72. The molecule has 1 fully saturated rings. The monoisotopic (exact) mass is 438 g/mol. The van der Waals surface area contributed by atoms with E-state index in [0.717, 1.165) is 22.2 Å². The van der Waals surface area contributed by atoms with Gasteiger partial charge >= 0.3 is 0 Å². The van der Waals surface area contributed by atoms with Crippen molar-refractivity contribution in [1.29, 1.82) is 0 Å². The topological polar surface area (TPSA) is 82.6 Å². The molecular formula is C23H26N4O3S. The lowest BCUT2D eigenvalue weighted by Gasteiger charge is -2.36. The summed E-state index contributed by atoms with van der Waals surface area (Å²) >= 11 is 0. The minimum atomic E-state index is -3.38. The average molecular weight is 439 g/mol. The number of nitrogens with zero attached hydrogens (tertiary/aromatic N) is 3. The average Bonchev–Trinajstić information content (AvgIpc) is 2.79. The highest BCUT2D eigenvalue weighted by atomic mass is 32.2. The third-order valence-corrected chi connectivity index (χ3v) is 7.54. The number of sulfonamides is 1. The fourth-order valence-corrected chi connectivity index (χ4v) is 5.38. The fourth-order valence-electron chi connectivity index (χ4n) is 3.86. The summed E-state index contributed by atoms with van der Waals surface area (Å²) in [6.45, 7) is 3.64. The van der Waals surface area contributed by atoms with Crippen LogP contribution in [0.15, 0.2) is 66.9 Å². The second kappa shape index (κ2) is 9.13. The van der Waals surface area contributed by atoms with E-state index in [4.69, 9.17) is 0 Å². The molecule has 1 aliphatic rings. The molecule has 1 amide bonds. The van der Waals surface area contributed by atoms with Gasteiger partial charge in [-0.25, -0.2) is 8.42 Å². The molecule has 4 rings (SSSR count). The van der Waals surface area contributed by atoms with E-state index < -0.39 is 10.0 Å². The summed E-state index contributed by atoms with van der Waals surface area (Å²) in [4.78, 5) is 19.2. The van der Waals surface area contributed by atoms with Crippen LogP contribution in [0.1, 0.15) is 12.5 Å². The molecule has 1 atom stereocenters. The van der Waals surface area contributed by atoms with E-state index in [-0.39, 0.29) is 17.7 Å². The van der Waals surface area contributed by atoms with Crippen molar-refractivity contribution in [3.8, 4) is 0 Å². The largest absolute Gasteiger partial charge is 0.324 e. The Balaban J connectivity index is 1.36. The van der Waals surface area contributed by atoms with Crippen molar-refractivity contribution in [2.75, 3.05) is 31.5 Å². The van der Waals surface area contributed by atoms with Gasteiger partial charge < -0.3 is 5.32 Å². The number of rotatable bonds is 6. The van der Waals surface area contributed by atoms with Crippen molar-refractivity contribution < 1.29 is 13.2 Å². The summed E-state index contributed by atoms with van der Waals surface area (Å²) in [7, 11) is -3.38. The van der Waals surface area contributed by atoms with E-state index in [9.17, 15) is 13.2 Å². The molecule has 0 radical (unpaired) electrons. The Hall–Kier alpha value is -2.81. The number of aromatic nitrogens is 1. The maximum atomic E-state index is 12.9. The van der Waals surface area contributed by atoms with Crippen molar-refractivity contribution in [2.45, 2.75) is 18.7 Å². The first-order valence-electron chi connectivity index (χ1n) is 10.3. The Labute approximate surface area is 182 Å². The van der Waals surface area contributed by atoms with E-state index in [1.807, 2.05) is 72.5 Å². The maximum Gasteiger partial charge on any atom is 0.241 e. The summed E-state index contributed by atoms with van der Waals surface area (Å²) in [5, 5.41) is 3.89. The van der Waals surface area contributed by atoms with E-state index >= 15 is 0 Å². The van der Waals surface area contributed by atoms with Crippen molar-refractivity contribution >= 4 is 32.5 Å². The zero-order valence-corrected chi connectivity index (χ0v) is 18.3. The van der Waals surface area contributed by atoms with Crippen LogP contribution in [0.3, 0.4) is 0 Å². The number of carbonyl (C=O) groups is 1. The van der Waals surface area contributed by atoms with Gasteiger partial charge in [-0.2, -0.15) is 4.31 Å². The van der Waals surface area contributed by atoms with Crippen LogP contribution in [0.5, 0.6) is 0 Å². The number of nitrogens with one attached hydrogen (secondary N) is 1. The highest BCUT2D eigenvalue weighted by Crippen LogP contribution is 2.22. The lowest BCUT2D eigenvalue weighted by atomic mass is 10.1. The van der Waals surface area contributed by atoms with Crippen LogP contribution in [0, 0.1) is 0 Å². The Morgan fingerprint density at radius 1 is 1.00 bits per heavy atom. The van der Waals surface area contributed by atoms with E-state index in [1.165, 1.54) is 4.31 Å². The summed E-state index contributed by atoms with van der Waals surface area (Å²) in [6, 6.07) is 18.2. The normalized spacial score (nSPS) is 16.8. The number of piperazine rings is 1. The van der Waals surface area contributed by atoms with Crippen LogP contribution < -0.4 is 5.32 Å². The Morgan fingerprint density at radius 2 is 1.74 bits per heavy atom. The molecule has 1 aliphatic heterocycles. The third kappa shape index (κ3) is 4.92. The first-order chi connectivity index (χ1) is 14.9. The van der Waals surface area contributed by atoms with Crippen molar-refractivity contribution in [2.24, 2.45) is 0 Å². The van der Waals surface area contributed by atoms with Gasteiger partial charge in [0.15, 0.2) is 0 Å². The Kier molecular flexibility index (Phi) is 6.31. The molecule has 1 aromatic heterocycles. The van der Waals surface area contributed by atoms with Gasteiger partial charge in [-0.3, -0.25) is 14.7 Å². The molecule has 0 spiro atoms. The first kappa shape index (κ1) is 21.4. The van der Waals surface area contributed by atoms with Crippen LogP contribution >= 0.6 is 0 Å². The molecular weight excluding hydrogens is 412 g/mol. The number of hydrogen-bond acceptors (Lipinski definition) is 5. The number of anilines is 1. The van der Waals surface area contributed by atoms with Crippen molar-refractivity contribution in [3.63, 3.8) is 0 Å². The van der Waals surface area contributed by atoms with E-state index in [1.54, 1.807) is 6.20 Å². The lowest BCUT2D eigenvalue weighted by Crippen LogP contribution is -2.54. The number of amides is 1. The van der Waals surface area contributed by atoms with Gasteiger partial charge in [0.2, 0.25) is 15.9 Å². The second-order valence-electron chi connectivity index (χ2n) is 7.72. The number of benzene rings is 2. The molecule has 162 valence electrons. The van der Waals surface area contributed by atoms with Crippen LogP contribution in [-0.4, -0.2) is 60.7 Å². The van der Waals surface area contributed by atoms with Gasteiger partial charge in [-0.1, -0.05) is 36.4 Å². The molecule has 31 heavy (non-hydrogen) atoms. The number of carbonyl (C=O) groups excluding carboxylic acids is 1. The predicted molar refractivity (Wildman–Crippen MR) is 122 cm³/mol. The smallest absolute Gasteiger partial charge is 0.241 e. The quantitative estimate of drug-likeness (QED) is 0.640. The molecule has 2 aromatic carbocycles. The van der Waals surface area contributed by atoms with Crippen LogP contribution in [0.2, 0.25) is 0 Å². The van der Waals surface area contributed by atoms with Gasteiger partial charge in [0.25, 0.3) is 0 Å². The summed E-state index contributed by atoms with van der Waals surface area (Å²) in [5.41, 5.74) is 2.33. The molecule has 8 heteroatoms. The standard InChI is InChI=1S/C23H26N4O3S/c1-18(23(28)25-22-11-5-10-21-20(22)9-6-12-24-21)26-13-15-27(16-14-26)31(29,30)17-19-7-3-2-4-8-19/h2-12,18H,13-17H2,1H3,(H,25,28). The molecule has 3 aromatic rings. The zero-order chi connectivity index (χ0) is 21.8. The van der Waals surface area contributed by atoms with Gasteiger partial charge in [0.05, 0.1) is 23.0 Å². The predicted octanol–water partition coefficient (Wildman–Crippen LogP) is 2.71. The number of fused-ring (bicyclic) bond motifs is 1.